The first-order valence-corrected chi connectivity index (χ1v) is 6.02. The minimum Gasteiger partial charge on any atom is -0.369 e. The van der Waals surface area contributed by atoms with E-state index in [1.165, 1.54) is 5.69 Å². The van der Waals surface area contributed by atoms with Gasteiger partial charge in [-0.2, -0.15) is 0 Å². The molecule has 1 radical (unpaired) electrons. The lowest BCUT2D eigenvalue weighted by Crippen LogP contribution is -2.48. The highest BCUT2D eigenvalue weighted by Gasteiger charge is 2.16. The molecule has 0 spiro atoms. The smallest absolute Gasteiger partial charge is 0.309 e. The molecule has 2 rings (SSSR count). The Kier molecular flexibility index (Phi) is 4.38. The maximum Gasteiger partial charge on any atom is 0.309 e. The molecule has 1 N–H and O–H groups in total. The molecule has 0 saturated carbocycles. The minimum atomic E-state index is 0.689. The maximum atomic E-state index is 10.0. The molecule has 1 fully saturated rings. The summed E-state index contributed by atoms with van der Waals surface area (Å²) in [7, 11) is 0. The summed E-state index contributed by atoms with van der Waals surface area (Å²) < 4.78 is 0. The van der Waals surface area contributed by atoms with Crippen LogP contribution in [0.3, 0.4) is 0 Å². The van der Waals surface area contributed by atoms with Crippen LogP contribution in [0.4, 0.5) is 5.69 Å². The fourth-order valence-corrected chi connectivity index (χ4v) is 2.13. The van der Waals surface area contributed by atoms with Crippen LogP contribution in [0.15, 0.2) is 30.3 Å². The number of carbonyl (C=O) groups excluding carboxylic acids is 1. The van der Waals surface area contributed by atoms with E-state index in [4.69, 9.17) is 0 Å². The molecule has 1 heterocycles. The Morgan fingerprint density at radius 3 is 2.47 bits per heavy atom. The van der Waals surface area contributed by atoms with Crippen LogP contribution in [0, 0.1) is 0 Å². The lowest BCUT2D eigenvalue weighted by molar-refractivity contribution is 0.261. The average Bonchev–Trinajstić information content (AvgIpc) is 2.41. The van der Waals surface area contributed by atoms with Gasteiger partial charge < -0.3 is 10.2 Å². The third kappa shape index (κ3) is 3.46. The lowest BCUT2D eigenvalue weighted by Gasteiger charge is -2.36. The van der Waals surface area contributed by atoms with Gasteiger partial charge in [-0.15, -0.1) is 0 Å². The van der Waals surface area contributed by atoms with E-state index in [0.717, 1.165) is 32.7 Å². The van der Waals surface area contributed by atoms with Crippen LogP contribution in [0.2, 0.25) is 0 Å². The highest BCUT2D eigenvalue weighted by molar-refractivity contribution is 5.47. The molecule has 0 bridgehead atoms. The Labute approximate surface area is 102 Å². The fraction of sp³-hybridized carbons (Fsp3) is 0.462. The van der Waals surface area contributed by atoms with Crippen molar-refractivity contribution < 1.29 is 4.79 Å². The Hall–Kier alpha value is -1.55. The van der Waals surface area contributed by atoms with Crippen molar-refractivity contribution in [2.75, 3.05) is 44.2 Å². The molecule has 1 amide bonds. The van der Waals surface area contributed by atoms with Gasteiger partial charge in [0.15, 0.2) is 0 Å². The number of anilines is 1. The second-order valence-electron chi connectivity index (χ2n) is 4.19. The van der Waals surface area contributed by atoms with E-state index in [1.54, 1.807) is 6.41 Å². The lowest BCUT2D eigenvalue weighted by atomic mass is 10.2. The number of nitrogens with one attached hydrogen (secondary N) is 1. The van der Waals surface area contributed by atoms with Gasteiger partial charge in [0.1, 0.15) is 0 Å². The van der Waals surface area contributed by atoms with Crippen LogP contribution in [-0.2, 0) is 4.79 Å². The largest absolute Gasteiger partial charge is 0.369 e. The Morgan fingerprint density at radius 1 is 1.12 bits per heavy atom. The molecule has 1 aliphatic heterocycles. The van der Waals surface area contributed by atoms with E-state index < -0.39 is 0 Å². The molecule has 1 saturated heterocycles. The van der Waals surface area contributed by atoms with Crippen molar-refractivity contribution in [3.63, 3.8) is 0 Å². The summed E-state index contributed by atoms with van der Waals surface area (Å²) in [5.74, 6) is 0. The Balaban J connectivity index is 1.76. The maximum absolute atomic E-state index is 10.0. The van der Waals surface area contributed by atoms with Gasteiger partial charge >= 0.3 is 6.41 Å². The summed E-state index contributed by atoms with van der Waals surface area (Å²) in [5, 5.41) is 2.58. The summed E-state index contributed by atoms with van der Waals surface area (Å²) in [6.45, 7) is 5.81. The molecule has 1 aliphatic rings. The summed E-state index contributed by atoms with van der Waals surface area (Å²) in [4.78, 5) is 14.8. The summed E-state index contributed by atoms with van der Waals surface area (Å²) in [6.07, 6.45) is 1.70. The number of rotatable bonds is 5. The molecule has 0 aliphatic carbocycles. The number of para-hydroxylation sites is 1. The van der Waals surface area contributed by atoms with E-state index in [1.807, 2.05) is 6.07 Å². The van der Waals surface area contributed by atoms with Gasteiger partial charge in [-0.05, 0) is 12.1 Å². The number of piperazine rings is 1. The normalized spacial score (nSPS) is 16.8. The van der Waals surface area contributed by atoms with Gasteiger partial charge in [-0.25, -0.2) is 0 Å². The van der Waals surface area contributed by atoms with Crippen LogP contribution in [-0.4, -0.2) is 50.6 Å². The molecule has 0 aromatic heterocycles. The highest BCUT2D eigenvalue weighted by Crippen LogP contribution is 2.15. The molecule has 0 unspecified atom stereocenters. The fourth-order valence-electron chi connectivity index (χ4n) is 2.13. The quantitative estimate of drug-likeness (QED) is 0.592. The number of hydrogen-bond acceptors (Lipinski definition) is 3. The number of hydrogen-bond donors (Lipinski definition) is 1. The number of nitrogens with zero attached hydrogens (tertiary/aromatic N) is 2. The van der Waals surface area contributed by atoms with Crippen LogP contribution < -0.4 is 10.2 Å². The van der Waals surface area contributed by atoms with Gasteiger partial charge in [-0.3, -0.25) is 9.69 Å². The topological polar surface area (TPSA) is 35.6 Å². The van der Waals surface area contributed by atoms with Crippen molar-refractivity contribution in [3.05, 3.63) is 30.3 Å². The molecule has 4 nitrogen and oxygen atoms in total. The molecular formula is C13H18N3O. The van der Waals surface area contributed by atoms with E-state index in [9.17, 15) is 4.79 Å². The van der Waals surface area contributed by atoms with E-state index in [2.05, 4.69) is 39.4 Å². The first kappa shape index (κ1) is 11.9. The van der Waals surface area contributed by atoms with Crippen molar-refractivity contribution >= 4 is 12.1 Å². The molecular weight excluding hydrogens is 214 g/mol. The number of amides is 1. The third-order valence-electron chi connectivity index (χ3n) is 3.12. The van der Waals surface area contributed by atoms with Crippen molar-refractivity contribution in [1.29, 1.82) is 0 Å². The van der Waals surface area contributed by atoms with Crippen molar-refractivity contribution in [3.8, 4) is 0 Å². The van der Waals surface area contributed by atoms with E-state index >= 15 is 0 Å². The molecule has 1 aromatic rings. The zero-order chi connectivity index (χ0) is 11.9. The highest BCUT2D eigenvalue weighted by atomic mass is 16.1. The second-order valence-corrected chi connectivity index (χ2v) is 4.19. The summed E-state index contributed by atoms with van der Waals surface area (Å²) in [5.41, 5.74) is 1.30. The van der Waals surface area contributed by atoms with E-state index in [0.29, 0.717) is 6.54 Å². The molecule has 4 heteroatoms. The SMILES string of the molecule is O=[C]NCCN1CCN(c2ccccc2)CC1. The van der Waals surface area contributed by atoms with Gasteiger partial charge in [0, 0.05) is 45.0 Å². The predicted molar refractivity (Wildman–Crippen MR) is 68.8 cm³/mol. The van der Waals surface area contributed by atoms with Gasteiger partial charge in [0.25, 0.3) is 0 Å². The Bertz CT molecular complexity index is 334. The van der Waals surface area contributed by atoms with Crippen molar-refractivity contribution in [2.24, 2.45) is 0 Å². The van der Waals surface area contributed by atoms with Crippen LogP contribution in [0.25, 0.3) is 0 Å². The molecule has 17 heavy (non-hydrogen) atoms. The van der Waals surface area contributed by atoms with Crippen LogP contribution in [0.5, 0.6) is 0 Å². The monoisotopic (exact) mass is 232 g/mol. The summed E-state index contributed by atoms with van der Waals surface area (Å²) in [6, 6.07) is 10.5. The van der Waals surface area contributed by atoms with Gasteiger partial charge in [0.2, 0.25) is 0 Å². The number of benzene rings is 1. The first-order chi connectivity index (χ1) is 8.40. The minimum absolute atomic E-state index is 0.689. The predicted octanol–water partition coefficient (Wildman–Crippen LogP) is 0.465. The molecule has 0 atom stereocenters. The summed E-state index contributed by atoms with van der Waals surface area (Å²) >= 11 is 0. The second kappa shape index (κ2) is 6.25. The van der Waals surface area contributed by atoms with E-state index in [-0.39, 0.29) is 0 Å². The average molecular weight is 232 g/mol. The van der Waals surface area contributed by atoms with Crippen molar-refractivity contribution in [2.45, 2.75) is 0 Å². The third-order valence-corrected chi connectivity index (χ3v) is 3.12. The van der Waals surface area contributed by atoms with Crippen molar-refractivity contribution in [1.82, 2.24) is 10.2 Å². The zero-order valence-corrected chi connectivity index (χ0v) is 9.93. The molecule has 91 valence electrons. The van der Waals surface area contributed by atoms with Gasteiger partial charge in [-0.1, -0.05) is 18.2 Å². The Morgan fingerprint density at radius 2 is 1.82 bits per heavy atom. The molecule has 1 aromatic carbocycles. The van der Waals surface area contributed by atoms with Crippen LogP contribution in [0.1, 0.15) is 0 Å². The standard InChI is InChI=1S/C13H18N3O/c17-12-14-6-7-15-8-10-16(11-9-15)13-4-2-1-3-5-13/h1-5H,6-11H2,(H,14,17). The van der Waals surface area contributed by atoms with Crippen LogP contribution >= 0.6 is 0 Å². The van der Waals surface area contributed by atoms with Gasteiger partial charge in [0.05, 0.1) is 0 Å². The zero-order valence-electron chi connectivity index (χ0n) is 9.93. The first-order valence-electron chi connectivity index (χ1n) is 6.02.